The molecular formula is C4H2F6O3. The maximum atomic E-state index is 11.7. The third-order valence-corrected chi connectivity index (χ3v) is 0.587. The van der Waals surface area contributed by atoms with Crippen LogP contribution in [0.2, 0.25) is 0 Å². The highest BCUT2D eigenvalue weighted by Gasteiger charge is 2.41. The molecule has 78 valence electrons. The van der Waals surface area contributed by atoms with Crippen molar-refractivity contribution in [1.29, 1.82) is 0 Å². The van der Waals surface area contributed by atoms with Crippen LogP contribution < -0.4 is 0 Å². The zero-order valence-corrected chi connectivity index (χ0v) is 5.70. The Balaban J connectivity index is 4.03. The van der Waals surface area contributed by atoms with Gasteiger partial charge in [0.05, 0.1) is 0 Å². The first-order valence-electron chi connectivity index (χ1n) is 2.59. The standard InChI is InChI=1S/C4H2F6O3/c5-1-3(6,7)12-2(11)13-4(8,9)10/h1H2. The van der Waals surface area contributed by atoms with Crippen LogP contribution in [0.4, 0.5) is 31.1 Å². The lowest BCUT2D eigenvalue weighted by molar-refractivity contribution is -0.315. The quantitative estimate of drug-likeness (QED) is 0.520. The number of carbonyl (C=O) groups excluding carboxylic acids is 1. The van der Waals surface area contributed by atoms with E-state index >= 15 is 0 Å². The molecule has 0 aromatic carbocycles. The average molecular weight is 212 g/mol. The van der Waals surface area contributed by atoms with Crippen LogP contribution in [-0.2, 0) is 9.47 Å². The molecule has 0 fully saturated rings. The van der Waals surface area contributed by atoms with Crippen LogP contribution in [-0.4, -0.2) is 25.3 Å². The summed E-state index contributed by atoms with van der Waals surface area (Å²) < 4.78 is 73.0. The molecule has 0 heterocycles. The fourth-order valence-electron chi connectivity index (χ4n) is 0.265. The zero-order valence-electron chi connectivity index (χ0n) is 5.70. The summed E-state index contributed by atoms with van der Waals surface area (Å²) in [5, 5.41) is 0. The second-order valence-corrected chi connectivity index (χ2v) is 1.67. The van der Waals surface area contributed by atoms with E-state index in [1.54, 1.807) is 0 Å². The number of ether oxygens (including phenoxy) is 2. The minimum Gasteiger partial charge on any atom is -0.366 e. The van der Waals surface area contributed by atoms with Gasteiger partial charge in [-0.25, -0.2) is 9.18 Å². The van der Waals surface area contributed by atoms with Crippen molar-refractivity contribution in [1.82, 2.24) is 0 Å². The lowest BCUT2D eigenvalue weighted by Gasteiger charge is -2.13. The van der Waals surface area contributed by atoms with Crippen molar-refractivity contribution in [3.8, 4) is 0 Å². The summed E-state index contributed by atoms with van der Waals surface area (Å²) in [6.07, 6.45) is -12.8. The summed E-state index contributed by atoms with van der Waals surface area (Å²) in [4.78, 5) is 9.82. The Kier molecular flexibility index (Phi) is 3.38. The maximum Gasteiger partial charge on any atom is 0.577 e. The highest BCUT2D eigenvalue weighted by molar-refractivity contribution is 5.60. The monoisotopic (exact) mass is 212 g/mol. The van der Waals surface area contributed by atoms with Crippen LogP contribution in [0.3, 0.4) is 0 Å². The van der Waals surface area contributed by atoms with Crippen LogP contribution in [0.15, 0.2) is 0 Å². The van der Waals surface area contributed by atoms with Gasteiger partial charge in [-0.3, -0.25) is 0 Å². The summed E-state index contributed by atoms with van der Waals surface area (Å²) >= 11 is 0. The summed E-state index contributed by atoms with van der Waals surface area (Å²) in [6, 6.07) is 0. The molecule has 0 N–H and O–H groups in total. The number of halogens is 6. The highest BCUT2D eigenvalue weighted by atomic mass is 19.4. The Labute approximate surface area is 67.2 Å². The van der Waals surface area contributed by atoms with Crippen LogP contribution in [0.5, 0.6) is 0 Å². The van der Waals surface area contributed by atoms with Gasteiger partial charge in [-0.2, -0.15) is 8.78 Å². The van der Waals surface area contributed by atoms with Crippen LogP contribution in [0.25, 0.3) is 0 Å². The van der Waals surface area contributed by atoms with E-state index < -0.39 is 25.3 Å². The van der Waals surface area contributed by atoms with Crippen LogP contribution in [0.1, 0.15) is 0 Å². The van der Waals surface area contributed by atoms with E-state index in [1.165, 1.54) is 0 Å². The molecule has 0 aliphatic carbocycles. The second-order valence-electron chi connectivity index (χ2n) is 1.67. The van der Waals surface area contributed by atoms with Gasteiger partial charge in [0.15, 0.2) is 6.67 Å². The van der Waals surface area contributed by atoms with Gasteiger partial charge in [0, 0.05) is 0 Å². The molecule has 0 radical (unpaired) electrons. The minimum atomic E-state index is -5.44. The summed E-state index contributed by atoms with van der Waals surface area (Å²) in [7, 11) is 0. The van der Waals surface area contributed by atoms with E-state index in [4.69, 9.17) is 0 Å². The third kappa shape index (κ3) is 6.05. The molecular weight excluding hydrogens is 210 g/mol. The minimum absolute atomic E-state index is 2.37. The lowest BCUT2D eigenvalue weighted by atomic mass is 10.7. The molecule has 0 saturated heterocycles. The Morgan fingerprint density at radius 1 is 1.08 bits per heavy atom. The molecule has 0 aromatic heterocycles. The molecule has 0 unspecified atom stereocenters. The van der Waals surface area contributed by atoms with Crippen molar-refractivity contribution in [3.63, 3.8) is 0 Å². The molecule has 0 bridgehead atoms. The molecule has 0 saturated carbocycles. The largest absolute Gasteiger partial charge is 0.577 e. The predicted octanol–water partition coefficient (Wildman–Crippen LogP) is 2.22. The topological polar surface area (TPSA) is 35.5 Å². The van der Waals surface area contributed by atoms with Gasteiger partial charge in [-0.1, -0.05) is 0 Å². The number of carbonyl (C=O) groups is 1. The van der Waals surface area contributed by atoms with Crippen molar-refractivity contribution >= 4 is 6.16 Å². The fraction of sp³-hybridized carbons (Fsp3) is 0.750. The van der Waals surface area contributed by atoms with E-state index in [0.29, 0.717) is 0 Å². The third-order valence-electron chi connectivity index (χ3n) is 0.587. The molecule has 0 aliphatic rings. The first kappa shape index (κ1) is 11.8. The van der Waals surface area contributed by atoms with Crippen molar-refractivity contribution in [3.05, 3.63) is 0 Å². The van der Waals surface area contributed by atoms with Crippen molar-refractivity contribution in [2.75, 3.05) is 6.67 Å². The molecule has 0 atom stereocenters. The van der Waals surface area contributed by atoms with Gasteiger partial charge in [0.1, 0.15) is 0 Å². The van der Waals surface area contributed by atoms with Crippen LogP contribution >= 0.6 is 0 Å². The number of rotatable bonds is 2. The zero-order chi connectivity index (χ0) is 10.7. The molecule has 9 heteroatoms. The number of alkyl halides is 6. The van der Waals surface area contributed by atoms with Gasteiger partial charge in [0.25, 0.3) is 0 Å². The molecule has 0 spiro atoms. The smallest absolute Gasteiger partial charge is 0.366 e. The van der Waals surface area contributed by atoms with Crippen LogP contribution in [0, 0.1) is 0 Å². The predicted molar refractivity (Wildman–Crippen MR) is 24.5 cm³/mol. The average Bonchev–Trinajstić information content (AvgIpc) is 1.81. The Hall–Kier alpha value is -1.15. The van der Waals surface area contributed by atoms with Crippen molar-refractivity contribution in [2.24, 2.45) is 0 Å². The molecule has 3 nitrogen and oxygen atoms in total. The lowest BCUT2D eigenvalue weighted by Crippen LogP contribution is -2.30. The normalized spacial score (nSPS) is 12.5. The Morgan fingerprint density at radius 3 is 1.85 bits per heavy atom. The first-order valence-corrected chi connectivity index (χ1v) is 2.59. The van der Waals surface area contributed by atoms with E-state index in [-0.39, 0.29) is 0 Å². The summed E-state index contributed by atoms with van der Waals surface area (Å²) in [5.41, 5.74) is 0. The molecule has 13 heavy (non-hydrogen) atoms. The summed E-state index contributed by atoms with van der Waals surface area (Å²) in [6.45, 7) is -2.43. The Bertz CT molecular complexity index is 187. The van der Waals surface area contributed by atoms with E-state index in [1.807, 2.05) is 0 Å². The second kappa shape index (κ2) is 3.71. The Morgan fingerprint density at radius 2 is 1.54 bits per heavy atom. The van der Waals surface area contributed by atoms with Gasteiger partial charge in [0.2, 0.25) is 0 Å². The first-order chi connectivity index (χ1) is 5.66. The van der Waals surface area contributed by atoms with E-state index in [0.717, 1.165) is 0 Å². The van der Waals surface area contributed by atoms with Gasteiger partial charge in [-0.05, 0) is 0 Å². The molecule has 0 aromatic rings. The number of hydrogen-bond acceptors (Lipinski definition) is 3. The molecule has 0 amide bonds. The van der Waals surface area contributed by atoms with Gasteiger partial charge in [-0.15, -0.1) is 13.2 Å². The van der Waals surface area contributed by atoms with Gasteiger partial charge < -0.3 is 9.47 Å². The molecule has 0 aliphatic heterocycles. The molecule has 0 rings (SSSR count). The van der Waals surface area contributed by atoms with Gasteiger partial charge >= 0.3 is 18.6 Å². The van der Waals surface area contributed by atoms with Crippen molar-refractivity contribution < 1.29 is 40.6 Å². The SMILES string of the molecule is O=C(OC(F)(F)F)OC(F)(F)CF. The fourth-order valence-corrected chi connectivity index (χ4v) is 0.265. The van der Waals surface area contributed by atoms with E-state index in [2.05, 4.69) is 9.47 Å². The highest BCUT2D eigenvalue weighted by Crippen LogP contribution is 2.21. The number of hydrogen-bond donors (Lipinski definition) is 0. The maximum absolute atomic E-state index is 11.7. The van der Waals surface area contributed by atoms with Crippen molar-refractivity contribution in [2.45, 2.75) is 12.5 Å². The van der Waals surface area contributed by atoms with E-state index in [9.17, 15) is 31.1 Å². The summed E-state index contributed by atoms with van der Waals surface area (Å²) in [5.74, 6) is 0.